The van der Waals surface area contributed by atoms with E-state index in [1.54, 1.807) is 0 Å². The third-order valence-corrected chi connectivity index (χ3v) is 3.09. The van der Waals surface area contributed by atoms with Crippen LogP contribution < -0.4 is 0 Å². The van der Waals surface area contributed by atoms with Gasteiger partial charge in [0.1, 0.15) is 0 Å². The fourth-order valence-electron chi connectivity index (χ4n) is 2.28. The van der Waals surface area contributed by atoms with E-state index in [0.717, 1.165) is 5.92 Å². The molecular formula is C12H24N2. The largest absolute Gasteiger partial charge is 0.309 e. The van der Waals surface area contributed by atoms with Crippen molar-refractivity contribution >= 4 is 0 Å². The molecule has 0 aromatic carbocycles. The Kier molecular flexibility index (Phi) is 4.63. The van der Waals surface area contributed by atoms with E-state index in [-0.39, 0.29) is 0 Å². The average Bonchev–Trinajstić information content (AvgIpc) is 2.16. The summed E-state index contributed by atoms with van der Waals surface area (Å²) in [5, 5.41) is 0. The number of hydrogen-bond donors (Lipinski definition) is 0. The lowest BCUT2D eigenvalue weighted by atomic mass is 9.96. The van der Waals surface area contributed by atoms with Crippen LogP contribution in [0.3, 0.4) is 0 Å². The highest BCUT2D eigenvalue weighted by Gasteiger charge is 2.22. The van der Waals surface area contributed by atoms with Crippen molar-refractivity contribution in [3.8, 4) is 0 Å². The summed E-state index contributed by atoms with van der Waals surface area (Å²) in [4.78, 5) is 4.84. The molecule has 2 nitrogen and oxygen atoms in total. The summed E-state index contributed by atoms with van der Waals surface area (Å²) >= 11 is 0. The standard InChI is InChI=1S/C12H24N2/c1-5-11(2)14-8-6-7-12(10-14)9-13(3)4/h5,11-12H,1,6-10H2,2-4H3/t11-,12?/m1/s1. The Morgan fingerprint density at radius 2 is 2.29 bits per heavy atom. The van der Waals surface area contributed by atoms with Crippen LogP contribution in [0.15, 0.2) is 12.7 Å². The van der Waals surface area contributed by atoms with Gasteiger partial charge in [0.15, 0.2) is 0 Å². The molecule has 2 heteroatoms. The summed E-state index contributed by atoms with van der Waals surface area (Å²) in [6.45, 7) is 9.82. The first-order valence-corrected chi connectivity index (χ1v) is 5.64. The molecule has 0 bridgehead atoms. The van der Waals surface area contributed by atoms with Crippen LogP contribution in [-0.2, 0) is 0 Å². The Balaban J connectivity index is 2.39. The number of rotatable bonds is 4. The molecule has 1 unspecified atom stereocenters. The summed E-state index contributed by atoms with van der Waals surface area (Å²) < 4.78 is 0. The molecule has 0 aliphatic carbocycles. The van der Waals surface area contributed by atoms with Crippen LogP contribution in [0.25, 0.3) is 0 Å². The average molecular weight is 196 g/mol. The molecule has 1 heterocycles. The van der Waals surface area contributed by atoms with Crippen molar-refractivity contribution in [1.29, 1.82) is 0 Å². The van der Waals surface area contributed by atoms with Crippen molar-refractivity contribution in [1.82, 2.24) is 9.80 Å². The maximum Gasteiger partial charge on any atom is 0.0247 e. The second kappa shape index (κ2) is 5.52. The third-order valence-electron chi connectivity index (χ3n) is 3.09. The van der Waals surface area contributed by atoms with Gasteiger partial charge in [-0.1, -0.05) is 6.08 Å². The molecule has 1 saturated heterocycles. The quantitative estimate of drug-likeness (QED) is 0.633. The first-order valence-electron chi connectivity index (χ1n) is 5.64. The first-order chi connectivity index (χ1) is 6.63. The summed E-state index contributed by atoms with van der Waals surface area (Å²) in [6.07, 6.45) is 4.78. The molecule has 0 N–H and O–H groups in total. The minimum Gasteiger partial charge on any atom is -0.309 e. The van der Waals surface area contributed by atoms with Crippen LogP contribution in [0.5, 0.6) is 0 Å². The highest BCUT2D eigenvalue weighted by Crippen LogP contribution is 2.19. The maximum absolute atomic E-state index is 3.87. The molecule has 0 aromatic heterocycles. The maximum atomic E-state index is 3.87. The predicted octanol–water partition coefficient (Wildman–Crippen LogP) is 1.83. The van der Waals surface area contributed by atoms with E-state index in [9.17, 15) is 0 Å². The molecule has 0 saturated carbocycles. The number of nitrogens with zero attached hydrogens (tertiary/aromatic N) is 2. The van der Waals surface area contributed by atoms with Crippen LogP contribution in [-0.4, -0.2) is 49.6 Å². The van der Waals surface area contributed by atoms with Crippen LogP contribution in [0.2, 0.25) is 0 Å². The van der Waals surface area contributed by atoms with Crippen molar-refractivity contribution < 1.29 is 0 Å². The monoisotopic (exact) mass is 196 g/mol. The van der Waals surface area contributed by atoms with E-state index in [1.165, 1.54) is 32.5 Å². The van der Waals surface area contributed by atoms with E-state index in [0.29, 0.717) is 6.04 Å². The third kappa shape index (κ3) is 3.43. The number of piperidine rings is 1. The lowest BCUT2D eigenvalue weighted by molar-refractivity contribution is 0.133. The first kappa shape index (κ1) is 11.7. The van der Waals surface area contributed by atoms with Crippen LogP contribution >= 0.6 is 0 Å². The van der Waals surface area contributed by atoms with Crippen molar-refractivity contribution in [2.75, 3.05) is 33.7 Å². The molecule has 1 aliphatic rings. The molecular weight excluding hydrogens is 172 g/mol. The van der Waals surface area contributed by atoms with Gasteiger partial charge in [-0.15, -0.1) is 6.58 Å². The van der Waals surface area contributed by atoms with Gasteiger partial charge in [-0.2, -0.15) is 0 Å². The summed E-state index contributed by atoms with van der Waals surface area (Å²) in [5.41, 5.74) is 0. The summed E-state index contributed by atoms with van der Waals surface area (Å²) in [6, 6.07) is 0.542. The zero-order valence-electron chi connectivity index (χ0n) is 9.87. The zero-order valence-corrected chi connectivity index (χ0v) is 9.87. The normalized spacial score (nSPS) is 26.4. The van der Waals surface area contributed by atoms with Crippen LogP contribution in [0.4, 0.5) is 0 Å². The lowest BCUT2D eigenvalue weighted by Crippen LogP contribution is -2.43. The smallest absolute Gasteiger partial charge is 0.0247 e. The van der Waals surface area contributed by atoms with Crippen molar-refractivity contribution in [3.63, 3.8) is 0 Å². The van der Waals surface area contributed by atoms with E-state index in [4.69, 9.17) is 0 Å². The SMILES string of the molecule is C=C[C@@H](C)N1CCCC(CN(C)C)C1. The Morgan fingerprint density at radius 3 is 2.86 bits per heavy atom. The topological polar surface area (TPSA) is 6.48 Å². The minimum absolute atomic E-state index is 0.542. The zero-order chi connectivity index (χ0) is 10.6. The number of likely N-dealkylation sites (tertiary alicyclic amines) is 1. The lowest BCUT2D eigenvalue weighted by Gasteiger charge is -2.36. The summed E-state index contributed by atoms with van der Waals surface area (Å²) in [7, 11) is 4.33. The van der Waals surface area contributed by atoms with E-state index < -0.39 is 0 Å². The van der Waals surface area contributed by atoms with Crippen LogP contribution in [0.1, 0.15) is 19.8 Å². The molecule has 1 aliphatic heterocycles. The summed E-state index contributed by atoms with van der Waals surface area (Å²) in [5.74, 6) is 0.848. The van der Waals surface area contributed by atoms with Gasteiger partial charge in [0.05, 0.1) is 0 Å². The van der Waals surface area contributed by atoms with Gasteiger partial charge in [-0.3, -0.25) is 4.90 Å². The highest BCUT2D eigenvalue weighted by molar-refractivity contribution is 4.87. The van der Waals surface area contributed by atoms with Gasteiger partial charge >= 0.3 is 0 Å². The van der Waals surface area contributed by atoms with Crippen molar-refractivity contribution in [3.05, 3.63) is 12.7 Å². The van der Waals surface area contributed by atoms with E-state index in [1.807, 2.05) is 0 Å². The van der Waals surface area contributed by atoms with E-state index in [2.05, 4.69) is 43.5 Å². The molecule has 1 fully saturated rings. The molecule has 82 valence electrons. The van der Waals surface area contributed by atoms with Gasteiger partial charge < -0.3 is 4.90 Å². The Morgan fingerprint density at radius 1 is 1.57 bits per heavy atom. The Bertz CT molecular complexity index is 177. The molecule has 0 spiro atoms. The van der Waals surface area contributed by atoms with Gasteiger partial charge in [0, 0.05) is 19.1 Å². The molecule has 14 heavy (non-hydrogen) atoms. The van der Waals surface area contributed by atoms with Gasteiger partial charge in [0.2, 0.25) is 0 Å². The molecule has 2 atom stereocenters. The van der Waals surface area contributed by atoms with Gasteiger partial charge in [-0.25, -0.2) is 0 Å². The predicted molar refractivity (Wildman–Crippen MR) is 62.5 cm³/mol. The molecule has 1 rings (SSSR count). The Labute approximate surface area is 88.6 Å². The fourth-order valence-corrected chi connectivity index (χ4v) is 2.28. The minimum atomic E-state index is 0.542. The second-order valence-electron chi connectivity index (χ2n) is 4.74. The van der Waals surface area contributed by atoms with E-state index >= 15 is 0 Å². The highest BCUT2D eigenvalue weighted by atomic mass is 15.2. The van der Waals surface area contributed by atoms with Gasteiger partial charge in [0.25, 0.3) is 0 Å². The van der Waals surface area contributed by atoms with Crippen molar-refractivity contribution in [2.24, 2.45) is 5.92 Å². The molecule has 0 radical (unpaired) electrons. The molecule has 0 aromatic rings. The fraction of sp³-hybridized carbons (Fsp3) is 0.833. The Hall–Kier alpha value is -0.340. The van der Waals surface area contributed by atoms with Crippen LogP contribution in [0, 0.1) is 5.92 Å². The van der Waals surface area contributed by atoms with Crippen molar-refractivity contribution in [2.45, 2.75) is 25.8 Å². The van der Waals surface area contributed by atoms with Gasteiger partial charge in [-0.05, 0) is 46.3 Å². The second-order valence-corrected chi connectivity index (χ2v) is 4.74. The molecule has 0 amide bonds. The number of hydrogen-bond acceptors (Lipinski definition) is 2.